The van der Waals surface area contributed by atoms with E-state index in [4.69, 9.17) is 10.5 Å². The molecule has 0 bridgehead atoms. The Morgan fingerprint density at radius 1 is 1.21 bits per heavy atom. The SMILES string of the molecule is COc1c(C)c(C)c(Br)c(C)c1N(C)CCC(C)N. The number of anilines is 1. The van der Waals surface area contributed by atoms with Crippen molar-refractivity contribution in [2.24, 2.45) is 5.73 Å². The Morgan fingerprint density at radius 3 is 2.26 bits per heavy atom. The predicted octanol–water partition coefficient (Wildman–Crippen LogP) is 3.56. The lowest BCUT2D eigenvalue weighted by molar-refractivity contribution is 0.410. The second-order valence-corrected chi connectivity index (χ2v) is 6.05. The van der Waals surface area contributed by atoms with Crippen molar-refractivity contribution < 1.29 is 4.74 Å². The molecule has 0 aromatic heterocycles. The Morgan fingerprint density at radius 2 is 1.79 bits per heavy atom. The molecule has 1 unspecified atom stereocenters. The van der Waals surface area contributed by atoms with Gasteiger partial charge in [0.1, 0.15) is 5.75 Å². The molecule has 0 heterocycles. The Balaban J connectivity index is 3.25. The molecular weight excluding hydrogens is 304 g/mol. The Kier molecular flexibility index (Phi) is 5.68. The summed E-state index contributed by atoms with van der Waals surface area (Å²) >= 11 is 3.69. The predicted molar refractivity (Wildman–Crippen MR) is 86.4 cm³/mol. The van der Waals surface area contributed by atoms with E-state index in [1.54, 1.807) is 7.11 Å². The summed E-state index contributed by atoms with van der Waals surface area (Å²) < 4.78 is 6.79. The number of rotatable bonds is 5. The van der Waals surface area contributed by atoms with Crippen LogP contribution in [0.1, 0.15) is 30.0 Å². The summed E-state index contributed by atoms with van der Waals surface area (Å²) in [7, 11) is 3.83. The zero-order valence-electron chi connectivity index (χ0n) is 12.8. The van der Waals surface area contributed by atoms with Crippen LogP contribution in [0, 0.1) is 20.8 Å². The highest BCUT2D eigenvalue weighted by atomic mass is 79.9. The lowest BCUT2D eigenvalue weighted by Gasteiger charge is -2.27. The first-order valence-electron chi connectivity index (χ1n) is 6.61. The number of halogens is 1. The van der Waals surface area contributed by atoms with Crippen LogP contribution in [-0.4, -0.2) is 26.7 Å². The van der Waals surface area contributed by atoms with Crippen LogP contribution in [0.2, 0.25) is 0 Å². The fourth-order valence-corrected chi connectivity index (χ4v) is 2.77. The molecule has 2 N–H and O–H groups in total. The van der Waals surface area contributed by atoms with Gasteiger partial charge in [-0.2, -0.15) is 0 Å². The first-order chi connectivity index (χ1) is 8.81. The summed E-state index contributed by atoms with van der Waals surface area (Å²) in [6, 6.07) is 0.212. The third-order valence-electron chi connectivity index (χ3n) is 3.64. The molecule has 1 atom stereocenters. The maximum absolute atomic E-state index is 5.84. The summed E-state index contributed by atoms with van der Waals surface area (Å²) in [5, 5.41) is 0. The molecule has 0 fully saturated rings. The van der Waals surface area contributed by atoms with Gasteiger partial charge in [-0.25, -0.2) is 0 Å². The lowest BCUT2D eigenvalue weighted by atomic mass is 10.0. The van der Waals surface area contributed by atoms with E-state index in [1.807, 2.05) is 6.92 Å². The fourth-order valence-electron chi connectivity index (χ4n) is 2.29. The van der Waals surface area contributed by atoms with Crippen molar-refractivity contribution in [2.45, 2.75) is 40.2 Å². The standard InChI is InChI=1S/C15H25BrN2O/c1-9(17)7-8-18(5)14-12(4)13(16)10(2)11(3)15(14)19-6/h9H,7-8,17H2,1-6H3. The number of methoxy groups -OCH3 is 1. The van der Waals surface area contributed by atoms with Gasteiger partial charge in [0.25, 0.3) is 0 Å². The van der Waals surface area contributed by atoms with E-state index in [1.165, 1.54) is 16.7 Å². The van der Waals surface area contributed by atoms with E-state index in [9.17, 15) is 0 Å². The van der Waals surface area contributed by atoms with Gasteiger partial charge in [0.15, 0.2) is 0 Å². The molecule has 0 amide bonds. The van der Waals surface area contributed by atoms with Crippen LogP contribution in [-0.2, 0) is 0 Å². The summed E-state index contributed by atoms with van der Waals surface area (Å²) in [6.45, 7) is 9.29. The molecule has 108 valence electrons. The summed E-state index contributed by atoms with van der Waals surface area (Å²) in [6.07, 6.45) is 0.962. The third-order valence-corrected chi connectivity index (χ3v) is 4.83. The van der Waals surface area contributed by atoms with Crippen molar-refractivity contribution in [3.8, 4) is 5.75 Å². The Hall–Kier alpha value is -0.740. The van der Waals surface area contributed by atoms with Gasteiger partial charge >= 0.3 is 0 Å². The highest BCUT2D eigenvalue weighted by molar-refractivity contribution is 9.10. The summed E-state index contributed by atoms with van der Waals surface area (Å²) in [5.41, 5.74) is 10.6. The number of hydrogen-bond donors (Lipinski definition) is 1. The van der Waals surface area contributed by atoms with E-state index < -0.39 is 0 Å². The lowest BCUT2D eigenvalue weighted by Crippen LogP contribution is -2.27. The molecule has 3 nitrogen and oxygen atoms in total. The van der Waals surface area contributed by atoms with Crippen molar-refractivity contribution in [1.29, 1.82) is 0 Å². The highest BCUT2D eigenvalue weighted by Gasteiger charge is 2.19. The molecule has 1 aromatic carbocycles. The third kappa shape index (κ3) is 3.42. The largest absolute Gasteiger partial charge is 0.494 e. The molecule has 0 radical (unpaired) electrons. The van der Waals surface area contributed by atoms with Gasteiger partial charge in [0, 0.05) is 24.1 Å². The average molecular weight is 329 g/mol. The van der Waals surface area contributed by atoms with Crippen LogP contribution in [0.3, 0.4) is 0 Å². The number of ether oxygens (including phenoxy) is 1. The van der Waals surface area contributed by atoms with Gasteiger partial charge in [-0.3, -0.25) is 0 Å². The van der Waals surface area contributed by atoms with Gasteiger partial charge in [-0.1, -0.05) is 15.9 Å². The number of nitrogens with zero attached hydrogens (tertiary/aromatic N) is 1. The van der Waals surface area contributed by atoms with Crippen molar-refractivity contribution in [3.05, 3.63) is 21.2 Å². The minimum absolute atomic E-state index is 0.212. The molecule has 0 aliphatic rings. The van der Waals surface area contributed by atoms with Crippen LogP contribution in [0.25, 0.3) is 0 Å². The van der Waals surface area contributed by atoms with E-state index in [2.05, 4.69) is 48.6 Å². The maximum Gasteiger partial charge on any atom is 0.145 e. The first kappa shape index (κ1) is 16.3. The minimum atomic E-state index is 0.212. The van der Waals surface area contributed by atoms with Crippen molar-refractivity contribution >= 4 is 21.6 Å². The maximum atomic E-state index is 5.84. The molecule has 19 heavy (non-hydrogen) atoms. The second kappa shape index (κ2) is 6.62. The van der Waals surface area contributed by atoms with Crippen LogP contribution in [0.4, 0.5) is 5.69 Å². The monoisotopic (exact) mass is 328 g/mol. The quantitative estimate of drug-likeness (QED) is 0.898. The minimum Gasteiger partial charge on any atom is -0.494 e. The van der Waals surface area contributed by atoms with E-state index in [-0.39, 0.29) is 6.04 Å². The van der Waals surface area contributed by atoms with Crippen molar-refractivity contribution in [1.82, 2.24) is 0 Å². The molecule has 0 aliphatic carbocycles. The molecule has 1 aromatic rings. The van der Waals surface area contributed by atoms with Crippen molar-refractivity contribution in [2.75, 3.05) is 25.6 Å². The van der Waals surface area contributed by atoms with E-state index >= 15 is 0 Å². The molecular formula is C15H25BrN2O. The zero-order valence-corrected chi connectivity index (χ0v) is 14.4. The van der Waals surface area contributed by atoms with E-state index in [0.717, 1.165) is 28.9 Å². The molecule has 1 rings (SSSR count). The van der Waals surface area contributed by atoms with Crippen LogP contribution < -0.4 is 15.4 Å². The van der Waals surface area contributed by atoms with Gasteiger partial charge < -0.3 is 15.4 Å². The van der Waals surface area contributed by atoms with Crippen LogP contribution in [0.5, 0.6) is 5.75 Å². The Labute approximate surface area is 125 Å². The first-order valence-corrected chi connectivity index (χ1v) is 7.40. The molecule has 0 spiro atoms. The summed E-state index contributed by atoms with van der Waals surface area (Å²) in [4.78, 5) is 2.23. The number of nitrogens with two attached hydrogens (primary N) is 1. The van der Waals surface area contributed by atoms with Crippen LogP contribution >= 0.6 is 15.9 Å². The molecule has 0 aliphatic heterocycles. The van der Waals surface area contributed by atoms with Crippen LogP contribution in [0.15, 0.2) is 4.47 Å². The normalized spacial score (nSPS) is 12.4. The van der Waals surface area contributed by atoms with Gasteiger partial charge in [-0.05, 0) is 50.8 Å². The van der Waals surface area contributed by atoms with E-state index in [0.29, 0.717) is 0 Å². The molecule has 0 saturated carbocycles. The van der Waals surface area contributed by atoms with Gasteiger partial charge in [0.05, 0.1) is 12.8 Å². The topological polar surface area (TPSA) is 38.5 Å². The zero-order chi connectivity index (χ0) is 14.7. The molecule has 0 saturated heterocycles. The Bertz CT molecular complexity index is 458. The molecule has 4 heteroatoms. The average Bonchev–Trinajstić information content (AvgIpc) is 2.37. The second-order valence-electron chi connectivity index (χ2n) is 5.26. The number of hydrogen-bond acceptors (Lipinski definition) is 3. The highest BCUT2D eigenvalue weighted by Crippen LogP contribution is 2.41. The summed E-state index contributed by atoms with van der Waals surface area (Å²) in [5.74, 6) is 0.963. The smallest absolute Gasteiger partial charge is 0.145 e. The fraction of sp³-hybridized carbons (Fsp3) is 0.600. The number of benzene rings is 1. The van der Waals surface area contributed by atoms with Crippen molar-refractivity contribution in [3.63, 3.8) is 0 Å². The van der Waals surface area contributed by atoms with Gasteiger partial charge in [-0.15, -0.1) is 0 Å². The van der Waals surface area contributed by atoms with Gasteiger partial charge in [0.2, 0.25) is 0 Å².